The van der Waals surface area contributed by atoms with Gasteiger partial charge in [0.05, 0.1) is 17.9 Å². The molecular formula is C14H18N2O2S2. The average molecular weight is 310 g/mol. The molecule has 1 aliphatic rings. The highest BCUT2D eigenvalue weighted by atomic mass is 32.2. The minimum atomic E-state index is -3.07. The van der Waals surface area contributed by atoms with Crippen LogP contribution in [0.15, 0.2) is 29.2 Å². The summed E-state index contributed by atoms with van der Waals surface area (Å²) in [5.74, 6) is 1.27. The van der Waals surface area contributed by atoms with Gasteiger partial charge in [0.25, 0.3) is 0 Å². The van der Waals surface area contributed by atoms with E-state index in [0.717, 1.165) is 23.5 Å². The molecule has 4 nitrogen and oxygen atoms in total. The number of nitrogens with zero attached hydrogens (tertiary/aromatic N) is 2. The lowest BCUT2D eigenvalue weighted by atomic mass is 10.0. The first-order chi connectivity index (χ1) is 9.49. The fraction of sp³-hybridized carbons (Fsp3) is 0.500. The maximum absolute atomic E-state index is 11.6. The van der Waals surface area contributed by atoms with Crippen molar-refractivity contribution >= 4 is 21.8 Å². The van der Waals surface area contributed by atoms with Gasteiger partial charge in [-0.2, -0.15) is 5.26 Å². The molecule has 1 aromatic rings. The molecule has 20 heavy (non-hydrogen) atoms. The van der Waals surface area contributed by atoms with Crippen LogP contribution in [-0.4, -0.2) is 37.8 Å². The lowest BCUT2D eigenvalue weighted by Crippen LogP contribution is -2.39. The summed E-state index contributed by atoms with van der Waals surface area (Å²) in [4.78, 5) is 1.07. The lowest BCUT2D eigenvalue weighted by Gasteiger charge is -2.30. The second kappa shape index (κ2) is 6.61. The van der Waals surface area contributed by atoms with Crippen LogP contribution >= 0.6 is 11.8 Å². The molecule has 108 valence electrons. The highest BCUT2D eigenvalue weighted by molar-refractivity contribution is 7.99. The normalized spacial score (nSPS) is 20.5. The molecule has 1 saturated heterocycles. The fourth-order valence-electron chi connectivity index (χ4n) is 2.33. The van der Waals surface area contributed by atoms with E-state index in [4.69, 9.17) is 5.26 Å². The van der Waals surface area contributed by atoms with Gasteiger partial charge in [-0.1, -0.05) is 6.07 Å². The Hall–Kier alpha value is -1.03. The Labute approximate surface area is 124 Å². The highest BCUT2D eigenvalue weighted by Crippen LogP contribution is 2.27. The van der Waals surface area contributed by atoms with E-state index in [2.05, 4.69) is 6.07 Å². The summed E-state index contributed by atoms with van der Waals surface area (Å²) in [6.45, 7) is 1.26. The molecule has 0 bridgehead atoms. The summed E-state index contributed by atoms with van der Waals surface area (Å²) in [5.41, 5.74) is 0.663. The zero-order valence-electron chi connectivity index (χ0n) is 11.4. The molecule has 0 unspecified atom stereocenters. The molecule has 0 radical (unpaired) electrons. The first-order valence-electron chi connectivity index (χ1n) is 6.57. The van der Waals surface area contributed by atoms with Gasteiger partial charge in [0.2, 0.25) is 10.0 Å². The van der Waals surface area contributed by atoms with Crippen molar-refractivity contribution in [3.63, 3.8) is 0 Å². The van der Waals surface area contributed by atoms with E-state index < -0.39 is 10.0 Å². The Kier molecular flexibility index (Phi) is 5.08. The first kappa shape index (κ1) is 15.4. The minimum absolute atomic E-state index is 0.384. The van der Waals surface area contributed by atoms with Crippen LogP contribution in [0.1, 0.15) is 18.4 Å². The lowest BCUT2D eigenvalue weighted by molar-refractivity contribution is 0.286. The van der Waals surface area contributed by atoms with E-state index in [1.54, 1.807) is 22.1 Å². The van der Waals surface area contributed by atoms with Gasteiger partial charge in [-0.3, -0.25) is 0 Å². The van der Waals surface area contributed by atoms with Crippen LogP contribution in [0.4, 0.5) is 0 Å². The van der Waals surface area contributed by atoms with Crippen molar-refractivity contribution in [2.75, 3.05) is 25.1 Å². The number of thioether (sulfide) groups is 1. The van der Waals surface area contributed by atoms with Gasteiger partial charge < -0.3 is 0 Å². The zero-order valence-corrected chi connectivity index (χ0v) is 13.1. The van der Waals surface area contributed by atoms with E-state index in [1.807, 2.05) is 18.2 Å². The second-order valence-corrected chi connectivity index (χ2v) is 8.16. The zero-order chi connectivity index (χ0) is 14.6. The number of hydrogen-bond acceptors (Lipinski definition) is 4. The highest BCUT2D eigenvalue weighted by Gasteiger charge is 2.25. The standard InChI is InChI=1S/C14H18N2O2S2/c1-20(17,18)16-7-3-5-13(10-16)11-19-14-6-2-4-12(8-14)9-15/h2,4,6,8,13H,3,5,7,10-11H2,1H3/t13-/m1/s1. The fourth-order valence-corrected chi connectivity index (χ4v) is 4.36. The Morgan fingerprint density at radius 1 is 1.50 bits per heavy atom. The smallest absolute Gasteiger partial charge is 0.211 e. The van der Waals surface area contributed by atoms with E-state index in [9.17, 15) is 8.42 Å². The Balaban J connectivity index is 1.92. The number of nitriles is 1. The molecule has 0 amide bonds. The summed E-state index contributed by atoms with van der Waals surface area (Å²) in [7, 11) is -3.07. The molecule has 0 N–H and O–H groups in total. The predicted octanol–water partition coefficient (Wildman–Crippen LogP) is 2.32. The van der Waals surface area contributed by atoms with Gasteiger partial charge in [-0.15, -0.1) is 11.8 Å². The molecule has 1 fully saturated rings. The monoisotopic (exact) mass is 310 g/mol. The molecule has 2 rings (SSSR count). The topological polar surface area (TPSA) is 61.2 Å². The van der Waals surface area contributed by atoms with Gasteiger partial charge >= 0.3 is 0 Å². The van der Waals surface area contributed by atoms with Crippen molar-refractivity contribution in [2.45, 2.75) is 17.7 Å². The van der Waals surface area contributed by atoms with Gasteiger partial charge in [-0.05, 0) is 37.0 Å². The van der Waals surface area contributed by atoms with Crippen LogP contribution in [0.2, 0.25) is 0 Å². The van der Waals surface area contributed by atoms with Gasteiger partial charge in [0.1, 0.15) is 0 Å². The number of benzene rings is 1. The van der Waals surface area contributed by atoms with Crippen LogP contribution in [0.3, 0.4) is 0 Å². The Bertz CT molecular complexity index is 608. The van der Waals surface area contributed by atoms with E-state index >= 15 is 0 Å². The summed E-state index contributed by atoms with van der Waals surface area (Å²) in [6, 6.07) is 9.66. The molecule has 0 saturated carbocycles. The minimum Gasteiger partial charge on any atom is -0.213 e. The van der Waals surface area contributed by atoms with Crippen LogP contribution in [-0.2, 0) is 10.0 Å². The van der Waals surface area contributed by atoms with Crippen molar-refractivity contribution in [2.24, 2.45) is 5.92 Å². The summed E-state index contributed by atoms with van der Waals surface area (Å²) >= 11 is 1.70. The molecule has 1 atom stereocenters. The SMILES string of the molecule is CS(=O)(=O)N1CCC[C@@H](CSc2cccc(C#N)c2)C1. The van der Waals surface area contributed by atoms with Crippen molar-refractivity contribution in [1.29, 1.82) is 5.26 Å². The molecule has 0 spiro atoms. The van der Waals surface area contributed by atoms with Crippen molar-refractivity contribution in [3.05, 3.63) is 29.8 Å². The number of rotatable bonds is 4. The van der Waals surface area contributed by atoms with Crippen LogP contribution in [0.5, 0.6) is 0 Å². The van der Waals surface area contributed by atoms with Crippen LogP contribution in [0, 0.1) is 17.2 Å². The summed E-state index contributed by atoms with van der Waals surface area (Å²) in [5, 5.41) is 8.87. The van der Waals surface area contributed by atoms with Crippen molar-refractivity contribution in [3.8, 4) is 6.07 Å². The molecule has 1 aromatic carbocycles. The van der Waals surface area contributed by atoms with Gasteiger partial charge in [0, 0.05) is 23.7 Å². The first-order valence-corrected chi connectivity index (χ1v) is 9.40. The second-order valence-electron chi connectivity index (χ2n) is 5.08. The average Bonchev–Trinajstić information content (AvgIpc) is 2.45. The maximum atomic E-state index is 11.6. The Morgan fingerprint density at radius 3 is 3.00 bits per heavy atom. The quantitative estimate of drug-likeness (QED) is 0.801. The number of hydrogen-bond donors (Lipinski definition) is 0. The third-order valence-corrected chi connectivity index (χ3v) is 5.89. The summed E-state index contributed by atoms with van der Waals surface area (Å²) in [6.07, 6.45) is 3.27. The largest absolute Gasteiger partial charge is 0.213 e. The third-order valence-electron chi connectivity index (χ3n) is 3.40. The predicted molar refractivity (Wildman–Crippen MR) is 81.0 cm³/mol. The van der Waals surface area contributed by atoms with E-state index in [0.29, 0.717) is 24.6 Å². The van der Waals surface area contributed by atoms with Gasteiger partial charge in [-0.25, -0.2) is 12.7 Å². The van der Waals surface area contributed by atoms with Crippen LogP contribution < -0.4 is 0 Å². The summed E-state index contributed by atoms with van der Waals surface area (Å²) < 4.78 is 24.7. The Morgan fingerprint density at radius 2 is 2.30 bits per heavy atom. The third kappa shape index (κ3) is 4.23. The van der Waals surface area contributed by atoms with Crippen molar-refractivity contribution < 1.29 is 8.42 Å². The maximum Gasteiger partial charge on any atom is 0.211 e. The van der Waals surface area contributed by atoms with Crippen molar-refractivity contribution in [1.82, 2.24) is 4.31 Å². The molecule has 0 aromatic heterocycles. The molecule has 1 heterocycles. The molecule has 6 heteroatoms. The van der Waals surface area contributed by atoms with Gasteiger partial charge in [0.15, 0.2) is 0 Å². The van der Waals surface area contributed by atoms with E-state index in [1.165, 1.54) is 6.26 Å². The van der Waals surface area contributed by atoms with Crippen LogP contribution in [0.25, 0.3) is 0 Å². The molecular weight excluding hydrogens is 292 g/mol. The molecule has 0 aliphatic carbocycles. The number of piperidine rings is 1. The number of sulfonamides is 1. The van der Waals surface area contributed by atoms with E-state index in [-0.39, 0.29) is 0 Å². The molecule has 1 aliphatic heterocycles.